The molecule has 0 spiro atoms. The minimum absolute atomic E-state index is 0.348. The van der Waals surface area contributed by atoms with Crippen molar-refractivity contribution < 1.29 is 24.2 Å². The van der Waals surface area contributed by atoms with Gasteiger partial charge in [0.05, 0.1) is 6.10 Å². The molecule has 0 unspecified atom stereocenters. The van der Waals surface area contributed by atoms with Gasteiger partial charge in [-0.25, -0.2) is 4.79 Å². The lowest BCUT2D eigenvalue weighted by molar-refractivity contribution is -0.147. The van der Waals surface area contributed by atoms with Crippen LogP contribution in [0.1, 0.15) is 27.6 Å². The van der Waals surface area contributed by atoms with Crippen molar-refractivity contribution in [1.29, 1.82) is 0 Å². The molecule has 6 nitrogen and oxygen atoms in total. The predicted molar refractivity (Wildman–Crippen MR) is 91.1 cm³/mol. The summed E-state index contributed by atoms with van der Waals surface area (Å²) < 4.78 is 4.96. The van der Waals surface area contributed by atoms with Crippen LogP contribution in [0.15, 0.2) is 60.7 Å². The number of aliphatic hydroxyl groups excluding tert-OH is 1. The van der Waals surface area contributed by atoms with E-state index >= 15 is 0 Å². The van der Waals surface area contributed by atoms with Gasteiger partial charge in [-0.1, -0.05) is 48.5 Å². The summed E-state index contributed by atoms with van der Waals surface area (Å²) in [5, 5.41) is 12.2. The standard InChI is InChI=1S/C19H19NO5/c1-13(21)17(20-18(23)15-10-6-3-7-11-15)19(24)25-12-16(22)14-8-4-2-5-9-14/h2-11,13,17,21H,12H2,1H3,(H,20,23)/t13-,17+/m0/s1. The molecule has 0 heterocycles. The van der Waals surface area contributed by atoms with E-state index in [9.17, 15) is 19.5 Å². The number of carbonyl (C=O) groups is 3. The van der Waals surface area contributed by atoms with Crippen LogP contribution < -0.4 is 5.32 Å². The number of ketones is 1. The zero-order valence-electron chi connectivity index (χ0n) is 13.7. The average molecular weight is 341 g/mol. The highest BCUT2D eigenvalue weighted by Crippen LogP contribution is 2.04. The van der Waals surface area contributed by atoms with Crippen LogP contribution in [0.2, 0.25) is 0 Å². The molecule has 0 aliphatic heterocycles. The third-order valence-corrected chi connectivity index (χ3v) is 3.50. The largest absolute Gasteiger partial charge is 0.456 e. The molecule has 6 heteroatoms. The molecule has 2 atom stereocenters. The lowest BCUT2D eigenvalue weighted by atomic mass is 10.1. The maximum absolute atomic E-state index is 12.1. The van der Waals surface area contributed by atoms with Crippen LogP contribution >= 0.6 is 0 Å². The van der Waals surface area contributed by atoms with E-state index in [2.05, 4.69) is 5.32 Å². The highest BCUT2D eigenvalue weighted by Gasteiger charge is 2.28. The van der Waals surface area contributed by atoms with Crippen molar-refractivity contribution in [2.45, 2.75) is 19.1 Å². The Labute approximate surface area is 145 Å². The minimum Gasteiger partial charge on any atom is -0.456 e. The predicted octanol–water partition coefficient (Wildman–Crippen LogP) is 1.59. The molecule has 0 fully saturated rings. The number of ether oxygens (including phenoxy) is 1. The molecule has 0 aliphatic rings. The monoisotopic (exact) mass is 341 g/mol. The lowest BCUT2D eigenvalue weighted by Crippen LogP contribution is -2.48. The maximum Gasteiger partial charge on any atom is 0.331 e. The highest BCUT2D eigenvalue weighted by molar-refractivity contribution is 5.99. The fourth-order valence-electron chi connectivity index (χ4n) is 2.12. The third kappa shape index (κ3) is 5.26. The lowest BCUT2D eigenvalue weighted by Gasteiger charge is -2.20. The molecular weight excluding hydrogens is 322 g/mol. The number of nitrogens with one attached hydrogen (secondary N) is 1. The van der Waals surface area contributed by atoms with Crippen LogP contribution in [0.3, 0.4) is 0 Å². The van der Waals surface area contributed by atoms with E-state index in [0.29, 0.717) is 11.1 Å². The van der Waals surface area contributed by atoms with Gasteiger partial charge >= 0.3 is 5.97 Å². The molecule has 2 aromatic rings. The van der Waals surface area contributed by atoms with E-state index in [-0.39, 0.29) is 5.78 Å². The SMILES string of the molecule is C[C@H](O)[C@@H](NC(=O)c1ccccc1)C(=O)OCC(=O)c1ccccc1. The second-order valence-corrected chi connectivity index (χ2v) is 5.45. The van der Waals surface area contributed by atoms with Gasteiger partial charge in [0.1, 0.15) is 0 Å². The number of aliphatic hydroxyl groups is 1. The number of Topliss-reactive ketones (excluding diaryl/α,β-unsaturated/α-hetero) is 1. The van der Waals surface area contributed by atoms with Crippen molar-refractivity contribution in [1.82, 2.24) is 5.32 Å². The van der Waals surface area contributed by atoms with Gasteiger partial charge < -0.3 is 15.2 Å². The van der Waals surface area contributed by atoms with Crippen molar-refractivity contribution in [2.24, 2.45) is 0 Å². The number of hydrogen-bond acceptors (Lipinski definition) is 5. The molecule has 0 aromatic heterocycles. The molecule has 25 heavy (non-hydrogen) atoms. The molecule has 2 rings (SSSR count). The Morgan fingerprint density at radius 2 is 1.48 bits per heavy atom. The second kappa shape index (κ2) is 8.75. The van der Waals surface area contributed by atoms with E-state index in [1.807, 2.05) is 0 Å². The van der Waals surface area contributed by atoms with Gasteiger partial charge in [0.2, 0.25) is 0 Å². The van der Waals surface area contributed by atoms with Crippen molar-refractivity contribution in [3.8, 4) is 0 Å². The van der Waals surface area contributed by atoms with Gasteiger partial charge in [-0.05, 0) is 19.1 Å². The van der Waals surface area contributed by atoms with Gasteiger partial charge in [-0.2, -0.15) is 0 Å². The minimum atomic E-state index is -1.27. The quantitative estimate of drug-likeness (QED) is 0.589. The first kappa shape index (κ1) is 18.4. The molecule has 2 N–H and O–H groups in total. The van der Waals surface area contributed by atoms with Gasteiger partial charge in [-0.15, -0.1) is 0 Å². The molecular formula is C19H19NO5. The summed E-state index contributed by atoms with van der Waals surface area (Å²) >= 11 is 0. The zero-order valence-corrected chi connectivity index (χ0v) is 13.7. The maximum atomic E-state index is 12.1. The van der Waals surface area contributed by atoms with Crippen molar-refractivity contribution in [3.05, 3.63) is 71.8 Å². The summed E-state index contributed by atoms with van der Waals surface area (Å²) in [6.07, 6.45) is -1.17. The van der Waals surface area contributed by atoms with E-state index in [1.54, 1.807) is 60.7 Å². The average Bonchev–Trinajstić information content (AvgIpc) is 2.64. The van der Waals surface area contributed by atoms with E-state index in [4.69, 9.17) is 4.74 Å². The molecule has 0 bridgehead atoms. The normalized spacial score (nSPS) is 12.7. The molecule has 130 valence electrons. The van der Waals surface area contributed by atoms with Crippen LogP contribution in [0.4, 0.5) is 0 Å². The molecule has 1 amide bonds. The summed E-state index contributed by atoms with van der Waals surface area (Å²) in [6.45, 7) is 0.892. The van der Waals surface area contributed by atoms with Crippen LogP contribution in [0.5, 0.6) is 0 Å². The number of amides is 1. The Hall–Kier alpha value is -2.99. The van der Waals surface area contributed by atoms with Crippen LogP contribution in [-0.2, 0) is 9.53 Å². The van der Waals surface area contributed by atoms with Crippen LogP contribution in [0, 0.1) is 0 Å². The molecule has 0 saturated carbocycles. The van der Waals surface area contributed by atoms with Crippen LogP contribution in [0.25, 0.3) is 0 Å². The van der Waals surface area contributed by atoms with Crippen molar-refractivity contribution >= 4 is 17.7 Å². The molecule has 0 aliphatic carbocycles. The van der Waals surface area contributed by atoms with Crippen molar-refractivity contribution in [3.63, 3.8) is 0 Å². The Morgan fingerprint density at radius 1 is 0.960 bits per heavy atom. The first-order valence-electron chi connectivity index (χ1n) is 7.78. The Morgan fingerprint density at radius 3 is 2.00 bits per heavy atom. The number of hydrogen-bond donors (Lipinski definition) is 2. The molecule has 0 radical (unpaired) electrons. The third-order valence-electron chi connectivity index (χ3n) is 3.50. The van der Waals surface area contributed by atoms with Crippen LogP contribution in [-0.4, -0.2) is 41.5 Å². The summed E-state index contributed by atoms with van der Waals surface area (Å²) in [4.78, 5) is 36.2. The van der Waals surface area contributed by atoms with E-state index in [1.165, 1.54) is 6.92 Å². The number of carbonyl (C=O) groups excluding carboxylic acids is 3. The summed E-state index contributed by atoms with van der Waals surface area (Å²) in [5.74, 6) is -1.76. The second-order valence-electron chi connectivity index (χ2n) is 5.45. The Kier molecular flexibility index (Phi) is 6.42. The first-order valence-corrected chi connectivity index (χ1v) is 7.78. The van der Waals surface area contributed by atoms with Gasteiger partial charge in [0, 0.05) is 11.1 Å². The van der Waals surface area contributed by atoms with Gasteiger partial charge in [0.25, 0.3) is 5.91 Å². The van der Waals surface area contributed by atoms with Gasteiger partial charge in [0.15, 0.2) is 18.4 Å². The summed E-state index contributed by atoms with van der Waals surface area (Å²) in [7, 11) is 0. The molecule has 0 saturated heterocycles. The highest BCUT2D eigenvalue weighted by atomic mass is 16.5. The number of benzene rings is 2. The number of esters is 1. The Balaban J connectivity index is 1.96. The Bertz CT molecular complexity index is 728. The topological polar surface area (TPSA) is 92.7 Å². The van der Waals surface area contributed by atoms with Crippen molar-refractivity contribution in [2.75, 3.05) is 6.61 Å². The fraction of sp³-hybridized carbons (Fsp3) is 0.211. The summed E-state index contributed by atoms with van der Waals surface area (Å²) in [5.41, 5.74) is 0.763. The number of rotatable bonds is 7. The van der Waals surface area contributed by atoms with Gasteiger partial charge in [-0.3, -0.25) is 9.59 Å². The van der Waals surface area contributed by atoms with E-state index < -0.39 is 30.6 Å². The molecule has 2 aromatic carbocycles. The first-order chi connectivity index (χ1) is 12.0. The van der Waals surface area contributed by atoms with E-state index in [0.717, 1.165) is 0 Å². The zero-order chi connectivity index (χ0) is 18.2. The summed E-state index contributed by atoms with van der Waals surface area (Å²) in [6, 6.07) is 15.4. The fourth-order valence-corrected chi connectivity index (χ4v) is 2.12. The smallest absolute Gasteiger partial charge is 0.331 e.